The van der Waals surface area contributed by atoms with Gasteiger partial charge in [0.25, 0.3) is 0 Å². The number of piperazine rings is 1. The molecule has 1 aliphatic carbocycles. The quantitative estimate of drug-likeness (QED) is 0.803. The van der Waals surface area contributed by atoms with Crippen molar-refractivity contribution >= 4 is 11.8 Å². The first kappa shape index (κ1) is 15.1. The number of nitrogens with zero attached hydrogens (tertiary/aromatic N) is 1. The molecule has 1 atom stereocenters. The second-order valence-corrected chi connectivity index (χ2v) is 5.92. The molecule has 1 saturated carbocycles. The van der Waals surface area contributed by atoms with E-state index in [4.69, 9.17) is 0 Å². The number of carbonyl (C=O) groups is 2. The third-order valence-electron chi connectivity index (χ3n) is 4.59. The van der Waals surface area contributed by atoms with Crippen LogP contribution in [-0.4, -0.2) is 34.8 Å². The van der Waals surface area contributed by atoms with E-state index in [1.165, 1.54) is 6.42 Å². The van der Waals surface area contributed by atoms with Gasteiger partial charge in [0.2, 0.25) is 11.8 Å². The van der Waals surface area contributed by atoms with Crippen molar-refractivity contribution in [1.82, 2.24) is 10.2 Å². The van der Waals surface area contributed by atoms with Gasteiger partial charge in [0.05, 0.1) is 0 Å². The van der Waals surface area contributed by atoms with Crippen LogP contribution in [0.1, 0.15) is 58.8 Å². The molecule has 1 saturated heterocycles. The van der Waals surface area contributed by atoms with Gasteiger partial charge < -0.3 is 10.2 Å². The molecule has 2 aliphatic rings. The van der Waals surface area contributed by atoms with E-state index in [-0.39, 0.29) is 17.9 Å². The van der Waals surface area contributed by atoms with Gasteiger partial charge in [0, 0.05) is 6.54 Å². The molecule has 20 heavy (non-hydrogen) atoms. The molecule has 1 heterocycles. The van der Waals surface area contributed by atoms with E-state index in [2.05, 4.69) is 5.32 Å². The molecular formula is C16H26N2O2. The highest BCUT2D eigenvalue weighted by Crippen LogP contribution is 2.37. The summed E-state index contributed by atoms with van der Waals surface area (Å²) in [6, 6.07) is -0.328. The summed E-state index contributed by atoms with van der Waals surface area (Å²) in [7, 11) is 0. The molecule has 0 radical (unpaired) electrons. The number of allylic oxidation sites excluding steroid dienone is 1. The predicted octanol–water partition coefficient (Wildman–Crippen LogP) is 2.39. The molecule has 112 valence electrons. The lowest BCUT2D eigenvalue weighted by molar-refractivity contribution is -0.159. The molecule has 0 aromatic rings. The Hall–Kier alpha value is -1.32. The Kier molecular flexibility index (Phi) is 4.84. The fourth-order valence-corrected chi connectivity index (χ4v) is 3.47. The highest BCUT2D eigenvalue weighted by molar-refractivity contribution is 6.00. The largest absolute Gasteiger partial charge is 0.342 e. The number of rotatable bonds is 4. The van der Waals surface area contributed by atoms with Crippen molar-refractivity contribution in [2.24, 2.45) is 0 Å². The minimum atomic E-state index is -0.584. The van der Waals surface area contributed by atoms with Gasteiger partial charge in [-0.3, -0.25) is 9.59 Å². The molecule has 1 spiro atoms. The lowest BCUT2D eigenvalue weighted by atomic mass is 9.77. The van der Waals surface area contributed by atoms with Gasteiger partial charge in [0.1, 0.15) is 11.6 Å². The number of hydrogen-bond donors (Lipinski definition) is 1. The average molecular weight is 278 g/mol. The van der Waals surface area contributed by atoms with Gasteiger partial charge in [0.15, 0.2) is 0 Å². The van der Waals surface area contributed by atoms with Gasteiger partial charge in [-0.2, -0.15) is 0 Å². The van der Waals surface area contributed by atoms with Crippen LogP contribution in [0.5, 0.6) is 0 Å². The molecular weight excluding hydrogens is 252 g/mol. The molecule has 0 aromatic carbocycles. The summed E-state index contributed by atoms with van der Waals surface area (Å²) in [6.45, 7) is 4.55. The Morgan fingerprint density at radius 3 is 2.60 bits per heavy atom. The molecule has 4 nitrogen and oxygen atoms in total. The number of nitrogens with one attached hydrogen (secondary N) is 1. The molecule has 0 aromatic heterocycles. The van der Waals surface area contributed by atoms with E-state index >= 15 is 0 Å². The molecule has 1 unspecified atom stereocenters. The number of carbonyl (C=O) groups excluding carboxylic acids is 2. The Labute approximate surface area is 121 Å². The fourth-order valence-electron chi connectivity index (χ4n) is 3.47. The number of hydrogen-bond acceptors (Lipinski definition) is 2. The molecule has 1 N–H and O–H groups in total. The summed E-state index contributed by atoms with van der Waals surface area (Å²) in [5.41, 5.74) is -0.584. The van der Waals surface area contributed by atoms with Crippen molar-refractivity contribution in [3.63, 3.8) is 0 Å². The standard InChI is InChI=1S/C16H26N2O2/c1-3-5-12-18-14(19)13(9-4-2)17-15(20)16(18)10-7-6-8-11-16/h3,5,13H,4,6-12H2,1-2H3,(H,17,20)/b5-3+. The van der Waals surface area contributed by atoms with E-state index < -0.39 is 5.54 Å². The molecule has 2 fully saturated rings. The van der Waals surface area contributed by atoms with Gasteiger partial charge in [-0.05, 0) is 26.2 Å². The van der Waals surface area contributed by atoms with Gasteiger partial charge in [-0.15, -0.1) is 0 Å². The van der Waals surface area contributed by atoms with E-state index in [1.807, 2.05) is 30.9 Å². The fraction of sp³-hybridized carbons (Fsp3) is 0.750. The van der Waals surface area contributed by atoms with Crippen molar-refractivity contribution in [1.29, 1.82) is 0 Å². The first-order valence-electron chi connectivity index (χ1n) is 7.89. The van der Waals surface area contributed by atoms with E-state index in [0.717, 1.165) is 38.5 Å². The van der Waals surface area contributed by atoms with Crippen LogP contribution in [0.15, 0.2) is 12.2 Å². The van der Waals surface area contributed by atoms with Gasteiger partial charge in [-0.25, -0.2) is 0 Å². The Morgan fingerprint density at radius 2 is 2.00 bits per heavy atom. The molecule has 4 heteroatoms. The maximum Gasteiger partial charge on any atom is 0.246 e. The van der Waals surface area contributed by atoms with Crippen LogP contribution >= 0.6 is 0 Å². The zero-order valence-electron chi connectivity index (χ0n) is 12.7. The second kappa shape index (κ2) is 6.42. The van der Waals surface area contributed by atoms with Crippen LogP contribution in [0.4, 0.5) is 0 Å². The Bertz CT molecular complexity index is 397. The predicted molar refractivity (Wildman–Crippen MR) is 79.2 cm³/mol. The van der Waals surface area contributed by atoms with Crippen molar-refractivity contribution in [2.45, 2.75) is 70.4 Å². The monoisotopic (exact) mass is 278 g/mol. The third-order valence-corrected chi connectivity index (χ3v) is 4.59. The lowest BCUT2D eigenvalue weighted by Crippen LogP contribution is -2.71. The van der Waals surface area contributed by atoms with Crippen LogP contribution in [0.25, 0.3) is 0 Å². The Balaban J connectivity index is 2.28. The van der Waals surface area contributed by atoms with Gasteiger partial charge in [-0.1, -0.05) is 44.8 Å². The second-order valence-electron chi connectivity index (χ2n) is 5.92. The van der Waals surface area contributed by atoms with Crippen molar-refractivity contribution in [3.8, 4) is 0 Å². The van der Waals surface area contributed by atoms with Crippen LogP contribution in [0, 0.1) is 0 Å². The average Bonchev–Trinajstić information content (AvgIpc) is 2.46. The topological polar surface area (TPSA) is 49.4 Å². The molecule has 2 amide bonds. The van der Waals surface area contributed by atoms with Crippen LogP contribution < -0.4 is 5.32 Å². The van der Waals surface area contributed by atoms with E-state index in [0.29, 0.717) is 6.54 Å². The van der Waals surface area contributed by atoms with Crippen LogP contribution in [0.2, 0.25) is 0 Å². The minimum absolute atomic E-state index is 0.0692. The summed E-state index contributed by atoms with van der Waals surface area (Å²) in [4.78, 5) is 27.2. The van der Waals surface area contributed by atoms with Crippen molar-refractivity contribution in [3.05, 3.63) is 12.2 Å². The van der Waals surface area contributed by atoms with Crippen LogP contribution in [-0.2, 0) is 9.59 Å². The highest BCUT2D eigenvalue weighted by atomic mass is 16.2. The zero-order chi connectivity index (χ0) is 14.6. The maximum absolute atomic E-state index is 12.7. The lowest BCUT2D eigenvalue weighted by Gasteiger charge is -2.49. The summed E-state index contributed by atoms with van der Waals surface area (Å²) < 4.78 is 0. The normalized spacial score (nSPS) is 26.3. The molecule has 0 bridgehead atoms. The van der Waals surface area contributed by atoms with Crippen molar-refractivity contribution in [2.75, 3.05) is 6.54 Å². The first-order chi connectivity index (χ1) is 9.65. The minimum Gasteiger partial charge on any atom is -0.342 e. The summed E-state index contributed by atoms with van der Waals surface area (Å²) in [5.74, 6) is 0.172. The smallest absolute Gasteiger partial charge is 0.246 e. The zero-order valence-corrected chi connectivity index (χ0v) is 12.7. The summed E-state index contributed by atoms with van der Waals surface area (Å²) in [6.07, 6.45) is 10.4. The third kappa shape index (κ3) is 2.60. The van der Waals surface area contributed by atoms with Gasteiger partial charge >= 0.3 is 0 Å². The maximum atomic E-state index is 12.7. The number of amides is 2. The molecule has 2 rings (SSSR count). The first-order valence-corrected chi connectivity index (χ1v) is 7.89. The highest BCUT2D eigenvalue weighted by Gasteiger charge is 2.51. The van der Waals surface area contributed by atoms with Crippen molar-refractivity contribution < 1.29 is 9.59 Å². The SMILES string of the molecule is C/C=C/CN1C(=O)C(CCC)NC(=O)C12CCCCC2. The van der Waals surface area contributed by atoms with E-state index in [1.54, 1.807) is 0 Å². The Morgan fingerprint density at radius 1 is 1.30 bits per heavy atom. The summed E-state index contributed by atoms with van der Waals surface area (Å²) >= 11 is 0. The summed E-state index contributed by atoms with van der Waals surface area (Å²) in [5, 5.41) is 2.98. The van der Waals surface area contributed by atoms with Crippen LogP contribution in [0.3, 0.4) is 0 Å². The molecule has 1 aliphatic heterocycles. The van der Waals surface area contributed by atoms with E-state index in [9.17, 15) is 9.59 Å².